The van der Waals surface area contributed by atoms with Gasteiger partial charge in [-0.25, -0.2) is 0 Å². The topological polar surface area (TPSA) is 64.3 Å². The van der Waals surface area contributed by atoms with Crippen molar-refractivity contribution >= 4 is 18.3 Å². The minimum Gasteiger partial charge on any atom is -0.497 e. The Balaban J connectivity index is 0.00000208. The molecule has 0 aromatic heterocycles. The monoisotopic (exact) mass is 352 g/mol. The van der Waals surface area contributed by atoms with Crippen molar-refractivity contribution in [1.29, 1.82) is 0 Å². The molecule has 0 radical (unpaired) electrons. The molecule has 1 aromatic rings. The molecule has 2 saturated carbocycles. The predicted molar refractivity (Wildman–Crippen MR) is 98.8 cm³/mol. The molecule has 0 heterocycles. The van der Waals surface area contributed by atoms with Crippen LogP contribution in [0.2, 0.25) is 0 Å². The molecule has 3 N–H and O–H groups in total. The highest BCUT2D eigenvalue weighted by Crippen LogP contribution is 2.42. The third kappa shape index (κ3) is 3.86. The minimum absolute atomic E-state index is 0. The maximum Gasteiger partial charge on any atom is 0.230 e. The lowest BCUT2D eigenvalue weighted by molar-refractivity contribution is -0.127. The summed E-state index contributed by atoms with van der Waals surface area (Å²) >= 11 is 0. The van der Waals surface area contributed by atoms with Crippen molar-refractivity contribution in [3.8, 4) is 5.75 Å². The molecule has 2 fully saturated rings. The van der Waals surface area contributed by atoms with Gasteiger partial charge in [-0.2, -0.15) is 0 Å². The maximum atomic E-state index is 13.1. The number of hydrogen-bond acceptors (Lipinski definition) is 3. The predicted octanol–water partition coefficient (Wildman–Crippen LogP) is 3.31. The van der Waals surface area contributed by atoms with Crippen molar-refractivity contribution in [2.45, 2.75) is 68.9 Å². The van der Waals surface area contributed by atoms with Gasteiger partial charge in [0.1, 0.15) is 5.75 Å². The SMILES string of the molecule is COc1cccc(C2(C(=O)NC3CCC(N)CC3)CCCC2)c1.Cl. The fraction of sp³-hybridized carbons (Fsp3) is 0.632. The Kier molecular flexibility index (Phi) is 6.53. The van der Waals surface area contributed by atoms with Gasteiger partial charge in [0.15, 0.2) is 0 Å². The lowest BCUT2D eigenvalue weighted by Crippen LogP contribution is -2.48. The number of halogens is 1. The Hall–Kier alpha value is -1.26. The molecule has 0 aliphatic heterocycles. The highest BCUT2D eigenvalue weighted by atomic mass is 35.5. The average molecular weight is 353 g/mol. The number of methoxy groups -OCH3 is 1. The van der Waals surface area contributed by atoms with Crippen LogP contribution in [-0.2, 0) is 10.2 Å². The largest absolute Gasteiger partial charge is 0.497 e. The van der Waals surface area contributed by atoms with Crippen LogP contribution in [0.25, 0.3) is 0 Å². The first-order valence-electron chi connectivity index (χ1n) is 8.85. The van der Waals surface area contributed by atoms with E-state index < -0.39 is 0 Å². The molecule has 134 valence electrons. The zero-order valence-electron chi connectivity index (χ0n) is 14.4. The number of benzene rings is 1. The van der Waals surface area contributed by atoms with Crippen molar-refractivity contribution in [3.63, 3.8) is 0 Å². The number of amides is 1. The summed E-state index contributed by atoms with van der Waals surface area (Å²) in [6, 6.07) is 8.62. The summed E-state index contributed by atoms with van der Waals surface area (Å²) in [6.45, 7) is 0. The van der Waals surface area contributed by atoms with E-state index in [2.05, 4.69) is 11.4 Å². The standard InChI is InChI=1S/C19H28N2O2.ClH/c1-23-17-6-4-5-14(13-17)19(11-2-3-12-19)18(22)21-16-9-7-15(20)8-10-16;/h4-6,13,15-16H,2-3,7-12,20H2,1H3,(H,21,22);1H. The minimum atomic E-state index is -0.381. The smallest absolute Gasteiger partial charge is 0.230 e. The van der Waals surface area contributed by atoms with Gasteiger partial charge < -0.3 is 15.8 Å². The molecule has 1 aromatic carbocycles. The molecule has 1 amide bonds. The summed E-state index contributed by atoms with van der Waals surface area (Å²) in [5, 5.41) is 3.32. The highest BCUT2D eigenvalue weighted by molar-refractivity contribution is 5.89. The second kappa shape index (κ2) is 8.21. The van der Waals surface area contributed by atoms with E-state index in [0.29, 0.717) is 6.04 Å². The van der Waals surface area contributed by atoms with E-state index >= 15 is 0 Å². The molecule has 4 nitrogen and oxygen atoms in total. The van der Waals surface area contributed by atoms with E-state index in [1.54, 1.807) is 7.11 Å². The Morgan fingerprint density at radius 1 is 1.21 bits per heavy atom. The number of carbonyl (C=O) groups is 1. The van der Waals surface area contributed by atoms with Gasteiger partial charge in [-0.3, -0.25) is 4.79 Å². The van der Waals surface area contributed by atoms with Crippen molar-refractivity contribution in [2.75, 3.05) is 7.11 Å². The average Bonchev–Trinajstić information content (AvgIpc) is 3.08. The Labute approximate surface area is 150 Å². The van der Waals surface area contributed by atoms with Gasteiger partial charge in [0.2, 0.25) is 5.91 Å². The van der Waals surface area contributed by atoms with Crippen molar-refractivity contribution in [1.82, 2.24) is 5.32 Å². The summed E-state index contributed by atoms with van der Waals surface area (Å²) in [5.74, 6) is 1.02. The van der Waals surface area contributed by atoms with Crippen LogP contribution >= 0.6 is 12.4 Å². The normalized spacial score (nSPS) is 25.6. The van der Waals surface area contributed by atoms with Crippen molar-refractivity contribution < 1.29 is 9.53 Å². The van der Waals surface area contributed by atoms with Gasteiger partial charge in [0.05, 0.1) is 12.5 Å². The van der Waals surface area contributed by atoms with E-state index in [1.165, 1.54) is 0 Å². The molecule has 5 heteroatoms. The molecule has 2 aliphatic rings. The van der Waals surface area contributed by atoms with Gasteiger partial charge >= 0.3 is 0 Å². The second-order valence-corrected chi connectivity index (χ2v) is 7.11. The van der Waals surface area contributed by atoms with Crippen LogP contribution in [-0.4, -0.2) is 25.1 Å². The number of nitrogens with two attached hydrogens (primary N) is 1. The maximum absolute atomic E-state index is 13.1. The lowest BCUT2D eigenvalue weighted by atomic mass is 9.77. The lowest BCUT2D eigenvalue weighted by Gasteiger charge is -2.33. The number of carbonyl (C=O) groups excluding carboxylic acids is 1. The molecule has 0 spiro atoms. The summed E-state index contributed by atoms with van der Waals surface area (Å²) in [4.78, 5) is 13.1. The first-order valence-corrected chi connectivity index (χ1v) is 8.85. The molecule has 0 bridgehead atoms. The summed E-state index contributed by atoms with van der Waals surface area (Å²) in [7, 11) is 1.67. The molecule has 0 unspecified atom stereocenters. The molecule has 24 heavy (non-hydrogen) atoms. The van der Waals surface area contributed by atoms with E-state index in [4.69, 9.17) is 10.5 Å². The summed E-state index contributed by atoms with van der Waals surface area (Å²) in [5.41, 5.74) is 6.69. The van der Waals surface area contributed by atoms with Gasteiger partial charge in [-0.1, -0.05) is 25.0 Å². The van der Waals surface area contributed by atoms with E-state index in [9.17, 15) is 4.79 Å². The van der Waals surface area contributed by atoms with Crippen LogP contribution < -0.4 is 15.8 Å². The number of ether oxygens (including phenoxy) is 1. The molecule has 0 saturated heterocycles. The molecule has 3 rings (SSSR count). The zero-order valence-corrected chi connectivity index (χ0v) is 15.2. The Bertz CT molecular complexity index is 550. The van der Waals surface area contributed by atoms with E-state index in [0.717, 1.165) is 62.7 Å². The number of rotatable bonds is 4. The molecular formula is C19H29ClN2O2. The van der Waals surface area contributed by atoms with E-state index in [-0.39, 0.29) is 29.8 Å². The fourth-order valence-corrected chi connectivity index (χ4v) is 4.13. The van der Waals surface area contributed by atoms with Gasteiger partial charge in [0, 0.05) is 12.1 Å². The number of hydrogen-bond donors (Lipinski definition) is 2. The van der Waals surface area contributed by atoms with Crippen LogP contribution in [0.15, 0.2) is 24.3 Å². The van der Waals surface area contributed by atoms with Gasteiger partial charge in [0.25, 0.3) is 0 Å². The first kappa shape index (κ1) is 19.1. The quantitative estimate of drug-likeness (QED) is 0.873. The molecule has 0 atom stereocenters. The number of nitrogens with one attached hydrogen (secondary N) is 1. The summed E-state index contributed by atoms with van der Waals surface area (Å²) in [6.07, 6.45) is 8.10. The van der Waals surface area contributed by atoms with Crippen LogP contribution in [0, 0.1) is 0 Å². The molecule has 2 aliphatic carbocycles. The van der Waals surface area contributed by atoms with Crippen molar-refractivity contribution in [2.24, 2.45) is 5.73 Å². The zero-order chi connectivity index (χ0) is 16.3. The Morgan fingerprint density at radius 2 is 1.88 bits per heavy atom. The van der Waals surface area contributed by atoms with Crippen molar-refractivity contribution in [3.05, 3.63) is 29.8 Å². The molecular weight excluding hydrogens is 324 g/mol. The third-order valence-corrected chi connectivity index (χ3v) is 5.62. The summed E-state index contributed by atoms with van der Waals surface area (Å²) < 4.78 is 5.36. The third-order valence-electron chi connectivity index (χ3n) is 5.62. The van der Waals surface area contributed by atoms with E-state index in [1.807, 2.05) is 18.2 Å². The Morgan fingerprint density at radius 3 is 2.50 bits per heavy atom. The second-order valence-electron chi connectivity index (χ2n) is 7.11. The van der Waals surface area contributed by atoms with Gasteiger partial charge in [-0.05, 0) is 56.2 Å². The fourth-order valence-electron chi connectivity index (χ4n) is 4.13. The van der Waals surface area contributed by atoms with Crippen LogP contribution in [0.1, 0.15) is 56.9 Å². The highest BCUT2D eigenvalue weighted by Gasteiger charge is 2.43. The van der Waals surface area contributed by atoms with Crippen LogP contribution in [0.5, 0.6) is 5.75 Å². The van der Waals surface area contributed by atoms with Crippen LogP contribution in [0.4, 0.5) is 0 Å². The first-order chi connectivity index (χ1) is 11.1. The van der Waals surface area contributed by atoms with Crippen LogP contribution in [0.3, 0.4) is 0 Å². The van der Waals surface area contributed by atoms with Gasteiger partial charge in [-0.15, -0.1) is 12.4 Å².